The molecule has 0 bridgehead atoms. The first-order valence-electron chi connectivity index (χ1n) is 7.06. The summed E-state index contributed by atoms with van der Waals surface area (Å²) in [5.74, 6) is 0. The third-order valence-corrected chi connectivity index (χ3v) is 5.43. The number of aromatic nitrogens is 1. The van der Waals surface area contributed by atoms with Crippen molar-refractivity contribution in [3.8, 4) is 0 Å². The number of fused-ring (bicyclic) bond motifs is 1. The molecular weight excluding hydrogens is 327 g/mol. The molecule has 1 N–H and O–H groups in total. The molecule has 4 nitrogen and oxygen atoms in total. The van der Waals surface area contributed by atoms with Gasteiger partial charge in [0.05, 0.1) is 10.4 Å². The summed E-state index contributed by atoms with van der Waals surface area (Å²) < 4.78 is 23.6. The molecule has 2 aromatic carbocycles. The fourth-order valence-electron chi connectivity index (χ4n) is 2.34. The van der Waals surface area contributed by atoms with Gasteiger partial charge in [-0.25, -0.2) is 8.42 Å². The molecule has 0 amide bonds. The van der Waals surface area contributed by atoms with Crippen molar-refractivity contribution >= 4 is 46.7 Å². The molecule has 0 saturated heterocycles. The first-order valence-corrected chi connectivity index (χ1v) is 9.53. The minimum Gasteiger partial charge on any atom is -0.355 e. The monoisotopic (exact) mass is 344 g/mol. The van der Waals surface area contributed by atoms with E-state index >= 15 is 0 Å². The molecule has 1 aromatic heterocycles. The Balaban J connectivity index is 2.11. The highest BCUT2D eigenvalue weighted by atomic mass is 32.2. The predicted octanol–water partition coefficient (Wildman–Crippen LogP) is 3.19. The van der Waals surface area contributed by atoms with Crippen LogP contribution in [-0.4, -0.2) is 19.7 Å². The van der Waals surface area contributed by atoms with Crippen LogP contribution in [0.15, 0.2) is 53.6 Å². The van der Waals surface area contributed by atoms with Gasteiger partial charge in [0.2, 0.25) is 0 Å². The van der Waals surface area contributed by atoms with Crippen LogP contribution in [0, 0.1) is 6.92 Å². The number of hydrogen-bond donors (Lipinski definition) is 1. The van der Waals surface area contributed by atoms with E-state index in [2.05, 4.69) is 19.5 Å². The second-order valence-corrected chi connectivity index (χ2v) is 8.14. The van der Waals surface area contributed by atoms with E-state index in [0.29, 0.717) is 0 Å². The van der Waals surface area contributed by atoms with Gasteiger partial charge in [0.15, 0.2) is 9.84 Å². The Labute approximate surface area is 138 Å². The van der Waals surface area contributed by atoms with Crippen LogP contribution in [0.4, 0.5) is 11.4 Å². The van der Waals surface area contributed by atoms with Gasteiger partial charge in [0, 0.05) is 29.2 Å². The van der Waals surface area contributed by atoms with Crippen LogP contribution in [0.2, 0.25) is 0 Å². The van der Waals surface area contributed by atoms with Crippen molar-refractivity contribution in [2.75, 3.05) is 11.6 Å². The van der Waals surface area contributed by atoms with Crippen LogP contribution < -0.4 is 10.6 Å². The molecule has 23 heavy (non-hydrogen) atoms. The summed E-state index contributed by atoms with van der Waals surface area (Å²) in [7, 11) is -0.547. The van der Waals surface area contributed by atoms with Crippen molar-refractivity contribution in [2.24, 2.45) is 0 Å². The summed E-state index contributed by atoms with van der Waals surface area (Å²) in [4.78, 5) is 4.59. The Morgan fingerprint density at radius 1 is 1.09 bits per heavy atom. The van der Waals surface area contributed by atoms with E-state index in [1.807, 2.05) is 31.2 Å². The van der Waals surface area contributed by atoms with Crippen LogP contribution in [0.5, 0.6) is 0 Å². The molecule has 0 spiro atoms. The van der Waals surface area contributed by atoms with E-state index in [0.717, 1.165) is 27.6 Å². The summed E-state index contributed by atoms with van der Waals surface area (Å²) in [5.41, 5.74) is 3.71. The number of nitrogens with zero attached hydrogens (tertiary/aromatic N) is 1. The maximum atomic E-state index is 11.8. The van der Waals surface area contributed by atoms with Gasteiger partial charge in [-0.1, -0.05) is 6.07 Å². The second kappa shape index (κ2) is 5.91. The second-order valence-electron chi connectivity index (χ2n) is 5.51. The standard InChI is InChI=1S/C17H17N2O2PS/c1-11-3-4-12(9-17(11)22)19-16-7-8-18-15-6-5-13(10-14(15)16)23(2,20)21/h3-10H,22H2,1-2H3,(H,18,19). The van der Waals surface area contributed by atoms with Crippen LogP contribution in [-0.2, 0) is 9.84 Å². The third-order valence-electron chi connectivity index (χ3n) is 3.70. The molecule has 0 aliphatic rings. The molecule has 3 aromatic rings. The Kier molecular flexibility index (Phi) is 4.09. The summed E-state index contributed by atoms with van der Waals surface area (Å²) in [6.45, 7) is 2.05. The van der Waals surface area contributed by atoms with Crippen molar-refractivity contribution in [1.82, 2.24) is 4.98 Å². The fourth-order valence-corrected chi connectivity index (χ4v) is 3.26. The van der Waals surface area contributed by atoms with Crippen molar-refractivity contribution in [2.45, 2.75) is 11.8 Å². The third kappa shape index (κ3) is 3.36. The highest BCUT2D eigenvalue weighted by Gasteiger charge is 2.10. The molecule has 1 atom stereocenters. The molecule has 1 unspecified atom stereocenters. The van der Waals surface area contributed by atoms with Crippen LogP contribution >= 0.6 is 9.24 Å². The highest BCUT2D eigenvalue weighted by Crippen LogP contribution is 2.27. The summed E-state index contributed by atoms with van der Waals surface area (Å²) in [6.07, 6.45) is 2.92. The van der Waals surface area contributed by atoms with E-state index in [9.17, 15) is 8.42 Å². The molecule has 0 fully saturated rings. The zero-order chi connectivity index (χ0) is 16.6. The molecule has 0 radical (unpaired) electrons. The maximum absolute atomic E-state index is 11.8. The number of hydrogen-bond acceptors (Lipinski definition) is 4. The van der Waals surface area contributed by atoms with Gasteiger partial charge in [0.1, 0.15) is 0 Å². The molecule has 6 heteroatoms. The molecule has 0 aliphatic heterocycles. The summed E-state index contributed by atoms with van der Waals surface area (Å²) in [6, 6.07) is 12.9. The number of rotatable bonds is 3. The lowest BCUT2D eigenvalue weighted by Crippen LogP contribution is -2.01. The van der Waals surface area contributed by atoms with Gasteiger partial charge in [-0.2, -0.15) is 0 Å². The van der Waals surface area contributed by atoms with Gasteiger partial charge >= 0.3 is 0 Å². The van der Waals surface area contributed by atoms with Crippen molar-refractivity contribution in [3.63, 3.8) is 0 Å². The van der Waals surface area contributed by atoms with E-state index in [4.69, 9.17) is 0 Å². The van der Waals surface area contributed by atoms with Gasteiger partial charge in [-0.3, -0.25) is 4.98 Å². The predicted molar refractivity (Wildman–Crippen MR) is 98.7 cm³/mol. The number of anilines is 2. The molecular formula is C17H17N2O2PS. The van der Waals surface area contributed by atoms with E-state index in [-0.39, 0.29) is 4.90 Å². The lowest BCUT2D eigenvalue weighted by molar-refractivity contribution is 0.602. The Morgan fingerprint density at radius 3 is 2.57 bits per heavy atom. The lowest BCUT2D eigenvalue weighted by Gasteiger charge is -2.11. The molecule has 3 rings (SSSR count). The highest BCUT2D eigenvalue weighted by molar-refractivity contribution is 7.90. The summed E-state index contributed by atoms with van der Waals surface area (Å²) >= 11 is 0. The van der Waals surface area contributed by atoms with Gasteiger partial charge in [-0.15, -0.1) is 9.24 Å². The zero-order valence-corrected chi connectivity index (χ0v) is 14.8. The number of nitrogens with one attached hydrogen (secondary N) is 1. The van der Waals surface area contributed by atoms with Crippen LogP contribution in [0.3, 0.4) is 0 Å². The number of pyridine rings is 1. The normalized spacial score (nSPS) is 11.6. The minimum absolute atomic E-state index is 0.289. The first kappa shape index (κ1) is 15.9. The van der Waals surface area contributed by atoms with E-state index in [1.54, 1.807) is 24.4 Å². The van der Waals surface area contributed by atoms with Crippen LogP contribution in [0.25, 0.3) is 10.9 Å². The maximum Gasteiger partial charge on any atom is 0.175 e. The Morgan fingerprint density at radius 2 is 1.87 bits per heavy atom. The SMILES string of the molecule is Cc1ccc(Nc2ccnc3ccc(S(C)(=O)=O)cc23)cc1P. The van der Waals surface area contributed by atoms with Crippen LogP contribution in [0.1, 0.15) is 5.56 Å². The molecule has 0 aliphatic carbocycles. The zero-order valence-electron chi connectivity index (χ0n) is 12.9. The minimum atomic E-state index is -3.26. The van der Waals surface area contributed by atoms with Gasteiger partial charge < -0.3 is 5.32 Å². The average Bonchev–Trinajstić information content (AvgIpc) is 2.50. The Hall–Kier alpha value is -1.97. The van der Waals surface area contributed by atoms with Crippen molar-refractivity contribution in [1.29, 1.82) is 0 Å². The quantitative estimate of drug-likeness (QED) is 0.742. The number of benzene rings is 2. The average molecular weight is 344 g/mol. The Bertz CT molecular complexity index is 1000. The number of aryl methyl sites for hydroxylation is 1. The molecule has 1 heterocycles. The fraction of sp³-hybridized carbons (Fsp3) is 0.118. The largest absolute Gasteiger partial charge is 0.355 e. The van der Waals surface area contributed by atoms with Crippen molar-refractivity contribution in [3.05, 3.63) is 54.2 Å². The van der Waals surface area contributed by atoms with Crippen molar-refractivity contribution < 1.29 is 8.42 Å². The molecule has 118 valence electrons. The molecule has 0 saturated carbocycles. The lowest BCUT2D eigenvalue weighted by atomic mass is 10.1. The number of sulfone groups is 1. The summed E-state index contributed by atoms with van der Waals surface area (Å²) in [5, 5.41) is 5.24. The first-order chi connectivity index (χ1) is 10.8. The van der Waals surface area contributed by atoms with Gasteiger partial charge in [-0.05, 0) is 54.2 Å². The smallest absolute Gasteiger partial charge is 0.175 e. The van der Waals surface area contributed by atoms with Gasteiger partial charge in [0.25, 0.3) is 0 Å². The topological polar surface area (TPSA) is 59.1 Å². The van der Waals surface area contributed by atoms with E-state index < -0.39 is 9.84 Å². The van der Waals surface area contributed by atoms with E-state index in [1.165, 1.54) is 11.8 Å².